The second-order valence-corrected chi connectivity index (χ2v) is 5.01. The van der Waals surface area contributed by atoms with Gasteiger partial charge in [-0.15, -0.1) is 0 Å². The van der Waals surface area contributed by atoms with Gasteiger partial charge in [0, 0.05) is 44.0 Å². The van der Waals surface area contributed by atoms with Gasteiger partial charge in [-0.1, -0.05) is 13.8 Å². The maximum Gasteiger partial charge on any atom is 0.269 e. The Kier molecular flexibility index (Phi) is 7.11. The fourth-order valence-corrected chi connectivity index (χ4v) is 2.61. The van der Waals surface area contributed by atoms with E-state index >= 15 is 0 Å². The molecule has 0 saturated heterocycles. The first-order valence-electron chi connectivity index (χ1n) is 7.37. The van der Waals surface area contributed by atoms with Crippen LogP contribution in [0, 0.1) is 10.1 Å². The molecule has 0 aliphatic heterocycles. The van der Waals surface area contributed by atoms with Crippen molar-refractivity contribution in [2.24, 2.45) is 0 Å². The Balaban J connectivity index is 3.05. The van der Waals surface area contributed by atoms with Crippen LogP contribution in [-0.4, -0.2) is 41.2 Å². The quantitative estimate of drug-likeness (QED) is 0.541. The number of nitro groups is 1. The van der Waals surface area contributed by atoms with E-state index in [0.29, 0.717) is 19.1 Å². The first-order valence-corrected chi connectivity index (χ1v) is 7.37. The topological polar surface area (TPSA) is 78.6 Å². The van der Waals surface area contributed by atoms with Gasteiger partial charge >= 0.3 is 0 Å². The van der Waals surface area contributed by atoms with Gasteiger partial charge in [-0.2, -0.15) is 0 Å². The van der Waals surface area contributed by atoms with Crippen LogP contribution >= 0.6 is 0 Å². The van der Waals surface area contributed by atoms with Crippen LogP contribution in [0.5, 0.6) is 0 Å². The molecule has 0 spiro atoms. The van der Waals surface area contributed by atoms with E-state index in [4.69, 9.17) is 0 Å². The van der Waals surface area contributed by atoms with Crippen molar-refractivity contribution < 1.29 is 10.0 Å². The summed E-state index contributed by atoms with van der Waals surface area (Å²) in [5.74, 6) is 0. The van der Waals surface area contributed by atoms with Crippen LogP contribution in [0.15, 0.2) is 18.2 Å². The third-order valence-corrected chi connectivity index (χ3v) is 3.79. The lowest BCUT2D eigenvalue weighted by Crippen LogP contribution is -2.36. The molecule has 0 amide bonds. The fraction of sp³-hybridized carbons (Fsp3) is 0.600. The molecule has 6 nitrogen and oxygen atoms in total. The first-order chi connectivity index (χ1) is 10.1. The van der Waals surface area contributed by atoms with Crippen LogP contribution in [0.4, 0.5) is 11.4 Å². The predicted molar refractivity (Wildman–Crippen MR) is 84.5 cm³/mol. The van der Waals surface area contributed by atoms with Gasteiger partial charge in [-0.05, 0) is 24.5 Å². The van der Waals surface area contributed by atoms with Crippen LogP contribution in [-0.2, 0) is 6.54 Å². The number of aliphatic hydroxyl groups excluding tert-OH is 1. The molecule has 0 radical (unpaired) electrons. The van der Waals surface area contributed by atoms with E-state index < -0.39 is 0 Å². The fourth-order valence-electron chi connectivity index (χ4n) is 2.61. The smallest absolute Gasteiger partial charge is 0.269 e. The van der Waals surface area contributed by atoms with Crippen molar-refractivity contribution in [3.05, 3.63) is 33.9 Å². The van der Waals surface area contributed by atoms with Gasteiger partial charge in [0.15, 0.2) is 0 Å². The molecule has 1 aromatic carbocycles. The zero-order chi connectivity index (χ0) is 15.8. The second-order valence-electron chi connectivity index (χ2n) is 5.01. The predicted octanol–water partition coefficient (Wildman–Crippen LogP) is 2.62. The molecular weight excluding hydrogens is 270 g/mol. The maximum atomic E-state index is 10.9. The van der Waals surface area contributed by atoms with Gasteiger partial charge in [0.05, 0.1) is 11.5 Å². The van der Waals surface area contributed by atoms with E-state index in [0.717, 1.165) is 24.1 Å². The van der Waals surface area contributed by atoms with E-state index in [1.54, 1.807) is 19.2 Å². The summed E-state index contributed by atoms with van der Waals surface area (Å²) < 4.78 is 0. The molecule has 0 fully saturated rings. The zero-order valence-electron chi connectivity index (χ0n) is 13.0. The number of hydrogen-bond donors (Lipinski definition) is 2. The summed E-state index contributed by atoms with van der Waals surface area (Å²) in [7, 11) is 1.80. The number of aliphatic hydroxyl groups is 1. The molecule has 118 valence electrons. The number of nitro benzene ring substituents is 1. The minimum Gasteiger partial charge on any atom is -0.395 e. The molecule has 1 rings (SSSR count). The first kappa shape index (κ1) is 17.4. The van der Waals surface area contributed by atoms with Crippen molar-refractivity contribution in [2.45, 2.75) is 39.3 Å². The highest BCUT2D eigenvalue weighted by atomic mass is 16.6. The summed E-state index contributed by atoms with van der Waals surface area (Å²) >= 11 is 0. The lowest BCUT2D eigenvalue weighted by Gasteiger charge is -2.30. The number of nitrogens with zero attached hydrogens (tertiary/aromatic N) is 2. The van der Waals surface area contributed by atoms with Gasteiger partial charge in [-0.3, -0.25) is 15.0 Å². The summed E-state index contributed by atoms with van der Waals surface area (Å²) in [6, 6.07) is 5.21. The van der Waals surface area contributed by atoms with Crippen LogP contribution in [0.2, 0.25) is 0 Å². The van der Waals surface area contributed by atoms with Gasteiger partial charge in [0.1, 0.15) is 0 Å². The molecule has 0 aromatic heterocycles. The average Bonchev–Trinajstić information content (AvgIpc) is 2.48. The Morgan fingerprint density at radius 1 is 1.38 bits per heavy atom. The van der Waals surface area contributed by atoms with Crippen molar-refractivity contribution in [1.29, 1.82) is 0 Å². The number of rotatable bonds is 9. The van der Waals surface area contributed by atoms with Crippen LogP contribution in [0.1, 0.15) is 32.3 Å². The zero-order valence-corrected chi connectivity index (χ0v) is 13.0. The Morgan fingerprint density at radius 3 is 2.52 bits per heavy atom. The van der Waals surface area contributed by atoms with Crippen LogP contribution < -0.4 is 5.32 Å². The lowest BCUT2D eigenvalue weighted by molar-refractivity contribution is -0.384. The van der Waals surface area contributed by atoms with E-state index in [1.165, 1.54) is 6.07 Å². The van der Waals surface area contributed by atoms with Crippen molar-refractivity contribution in [3.8, 4) is 0 Å². The van der Waals surface area contributed by atoms with Gasteiger partial charge < -0.3 is 10.4 Å². The SMILES string of the molecule is CCC(CC)N(CCO)Cc1cc([N+](=O)[O-])ccc1NC. The number of nitrogens with one attached hydrogen (secondary N) is 1. The maximum absolute atomic E-state index is 10.9. The lowest BCUT2D eigenvalue weighted by atomic mass is 10.1. The second kappa shape index (κ2) is 8.59. The highest BCUT2D eigenvalue weighted by Gasteiger charge is 2.18. The third kappa shape index (κ3) is 4.68. The molecule has 0 atom stereocenters. The Bertz CT molecular complexity index is 461. The van der Waals surface area contributed by atoms with E-state index in [-0.39, 0.29) is 17.2 Å². The molecule has 0 aliphatic rings. The number of non-ortho nitro benzene ring substituents is 1. The van der Waals surface area contributed by atoms with Crippen molar-refractivity contribution >= 4 is 11.4 Å². The Morgan fingerprint density at radius 2 is 2.05 bits per heavy atom. The summed E-state index contributed by atoms with van der Waals surface area (Å²) in [6.45, 7) is 5.47. The normalized spacial score (nSPS) is 11.1. The minimum atomic E-state index is -0.379. The highest BCUT2D eigenvalue weighted by molar-refractivity contribution is 5.55. The summed E-state index contributed by atoms with van der Waals surface area (Å²) in [5.41, 5.74) is 1.86. The minimum absolute atomic E-state index is 0.0836. The van der Waals surface area contributed by atoms with Crippen molar-refractivity contribution in [3.63, 3.8) is 0 Å². The molecule has 0 unspecified atom stereocenters. The van der Waals surface area contributed by atoms with Crippen LogP contribution in [0.3, 0.4) is 0 Å². The summed E-state index contributed by atoms with van der Waals surface area (Å²) in [4.78, 5) is 12.7. The molecular formula is C15H25N3O3. The van der Waals surface area contributed by atoms with E-state index in [1.807, 2.05) is 0 Å². The van der Waals surface area contributed by atoms with E-state index in [9.17, 15) is 15.2 Å². The molecule has 0 saturated carbocycles. The van der Waals surface area contributed by atoms with Gasteiger partial charge in [0.2, 0.25) is 0 Å². The third-order valence-electron chi connectivity index (χ3n) is 3.79. The largest absolute Gasteiger partial charge is 0.395 e. The monoisotopic (exact) mass is 295 g/mol. The number of anilines is 1. The molecule has 1 aromatic rings. The molecule has 0 aliphatic carbocycles. The summed E-state index contributed by atoms with van der Waals surface area (Å²) in [6.07, 6.45) is 1.97. The van der Waals surface area contributed by atoms with Crippen molar-refractivity contribution in [1.82, 2.24) is 4.90 Å². The van der Waals surface area contributed by atoms with Gasteiger partial charge in [0.25, 0.3) is 5.69 Å². The molecule has 0 bridgehead atoms. The van der Waals surface area contributed by atoms with Crippen molar-refractivity contribution in [2.75, 3.05) is 25.5 Å². The Hall–Kier alpha value is -1.66. The molecule has 2 N–H and O–H groups in total. The standard InChI is InChI=1S/C15H25N3O3/c1-4-13(5-2)17(8-9-19)11-12-10-14(18(20)21)6-7-15(12)16-3/h6-7,10,13,16,19H,4-5,8-9,11H2,1-3H3. The van der Waals surface area contributed by atoms with Crippen LogP contribution in [0.25, 0.3) is 0 Å². The Labute approximate surface area is 125 Å². The molecule has 6 heteroatoms. The van der Waals surface area contributed by atoms with Gasteiger partial charge in [-0.25, -0.2) is 0 Å². The highest BCUT2D eigenvalue weighted by Crippen LogP contribution is 2.24. The molecule has 0 heterocycles. The molecule has 21 heavy (non-hydrogen) atoms. The summed E-state index contributed by atoms with van der Waals surface area (Å²) in [5, 5.41) is 23.3. The van der Waals surface area contributed by atoms with E-state index in [2.05, 4.69) is 24.1 Å². The number of benzene rings is 1. The average molecular weight is 295 g/mol. The number of hydrogen-bond acceptors (Lipinski definition) is 5.